The first-order valence-electron chi connectivity index (χ1n) is 7.20. The fourth-order valence-corrected chi connectivity index (χ4v) is 2.90. The normalized spacial score (nSPS) is 12.5. The maximum Gasteiger partial charge on any atom is 0.251 e. The van der Waals surface area contributed by atoms with E-state index in [9.17, 15) is 13.2 Å². The van der Waals surface area contributed by atoms with Crippen molar-refractivity contribution in [3.63, 3.8) is 0 Å². The van der Waals surface area contributed by atoms with Crippen LogP contribution in [0.2, 0.25) is 0 Å². The summed E-state index contributed by atoms with van der Waals surface area (Å²) >= 11 is 0. The minimum absolute atomic E-state index is 0.199. The highest BCUT2D eigenvalue weighted by atomic mass is 32.2. The van der Waals surface area contributed by atoms with Gasteiger partial charge in [-0.1, -0.05) is 35.9 Å². The fourth-order valence-electron chi connectivity index (χ4n) is 2.31. The molecule has 0 spiro atoms. The van der Waals surface area contributed by atoms with Crippen molar-refractivity contribution in [3.05, 3.63) is 65.2 Å². The van der Waals surface area contributed by atoms with E-state index in [4.69, 9.17) is 0 Å². The molecule has 0 aliphatic rings. The van der Waals surface area contributed by atoms with Gasteiger partial charge in [0, 0.05) is 5.56 Å². The number of carbonyl (C=O) groups excluding carboxylic acids is 1. The molecule has 1 amide bonds. The van der Waals surface area contributed by atoms with E-state index in [1.807, 2.05) is 32.0 Å². The van der Waals surface area contributed by atoms with Crippen molar-refractivity contribution < 1.29 is 13.2 Å². The average molecular weight is 332 g/mol. The molecule has 0 saturated carbocycles. The fraction of sp³-hybridized carbons (Fsp3) is 0.235. The summed E-state index contributed by atoms with van der Waals surface area (Å²) in [6.07, 6.45) is 1.10. The second kappa shape index (κ2) is 6.83. The lowest BCUT2D eigenvalue weighted by atomic mass is 10.1. The number of nitrogens with one attached hydrogen (secondary N) is 2. The topological polar surface area (TPSA) is 75.3 Å². The lowest BCUT2D eigenvalue weighted by molar-refractivity contribution is 0.0940. The van der Waals surface area contributed by atoms with Crippen molar-refractivity contribution in [2.24, 2.45) is 0 Å². The second-order valence-corrected chi connectivity index (χ2v) is 7.27. The molecule has 0 heterocycles. The molecule has 122 valence electrons. The Labute approximate surface area is 136 Å². The summed E-state index contributed by atoms with van der Waals surface area (Å²) in [6.45, 7) is 3.74. The van der Waals surface area contributed by atoms with E-state index >= 15 is 0 Å². The monoisotopic (exact) mass is 332 g/mol. The molecule has 0 aliphatic carbocycles. The summed E-state index contributed by atoms with van der Waals surface area (Å²) in [5.74, 6) is -0.199. The van der Waals surface area contributed by atoms with Gasteiger partial charge in [-0.2, -0.15) is 0 Å². The van der Waals surface area contributed by atoms with Crippen LogP contribution < -0.4 is 10.0 Å². The average Bonchev–Trinajstić information content (AvgIpc) is 2.46. The number of benzene rings is 2. The van der Waals surface area contributed by atoms with Gasteiger partial charge in [-0.3, -0.25) is 9.52 Å². The molecule has 6 heteroatoms. The number of para-hydroxylation sites is 1. The van der Waals surface area contributed by atoms with Gasteiger partial charge in [0.05, 0.1) is 18.0 Å². The van der Waals surface area contributed by atoms with Crippen LogP contribution >= 0.6 is 0 Å². The Morgan fingerprint density at radius 1 is 1.09 bits per heavy atom. The highest BCUT2D eigenvalue weighted by Gasteiger charge is 2.16. The minimum Gasteiger partial charge on any atom is -0.345 e. The maximum absolute atomic E-state index is 12.3. The first-order chi connectivity index (χ1) is 10.8. The van der Waals surface area contributed by atoms with Gasteiger partial charge in [0.2, 0.25) is 10.0 Å². The van der Waals surface area contributed by atoms with Crippen molar-refractivity contribution in [1.82, 2.24) is 5.32 Å². The smallest absolute Gasteiger partial charge is 0.251 e. The van der Waals surface area contributed by atoms with Gasteiger partial charge in [-0.05, 0) is 37.6 Å². The summed E-state index contributed by atoms with van der Waals surface area (Å²) in [5, 5.41) is 2.89. The minimum atomic E-state index is -3.38. The largest absolute Gasteiger partial charge is 0.345 e. The van der Waals surface area contributed by atoms with Gasteiger partial charge in [0.15, 0.2) is 0 Å². The molecule has 2 N–H and O–H groups in total. The number of anilines is 1. The number of hydrogen-bond donors (Lipinski definition) is 2. The van der Waals surface area contributed by atoms with E-state index in [2.05, 4.69) is 10.0 Å². The molecule has 0 unspecified atom stereocenters. The standard InChI is InChI=1S/C17H20N2O3S/c1-12-7-6-8-14(11-12)17(20)18-13(2)15-9-4-5-10-16(15)19-23(3,21)22/h4-11,13,19H,1-3H3,(H,18,20)/t13-/m0/s1. The lowest BCUT2D eigenvalue weighted by Crippen LogP contribution is -2.27. The Kier molecular flexibility index (Phi) is 5.05. The molecule has 23 heavy (non-hydrogen) atoms. The van der Waals surface area contributed by atoms with Crippen molar-refractivity contribution in [2.45, 2.75) is 19.9 Å². The molecule has 2 aromatic rings. The molecule has 0 fully saturated rings. The Morgan fingerprint density at radius 3 is 2.43 bits per heavy atom. The first kappa shape index (κ1) is 17.0. The zero-order valence-corrected chi connectivity index (χ0v) is 14.1. The number of carbonyl (C=O) groups is 1. The molecule has 0 aromatic heterocycles. The van der Waals surface area contributed by atoms with Crippen LogP contribution in [-0.2, 0) is 10.0 Å². The van der Waals surface area contributed by atoms with Gasteiger partial charge >= 0.3 is 0 Å². The van der Waals surface area contributed by atoms with Crippen molar-refractivity contribution in [1.29, 1.82) is 0 Å². The van der Waals surface area contributed by atoms with E-state index in [1.54, 1.807) is 30.3 Å². The second-order valence-electron chi connectivity index (χ2n) is 5.53. The van der Waals surface area contributed by atoms with Gasteiger partial charge in [0.1, 0.15) is 0 Å². The van der Waals surface area contributed by atoms with Crippen molar-refractivity contribution in [2.75, 3.05) is 11.0 Å². The third kappa shape index (κ3) is 4.82. The van der Waals surface area contributed by atoms with E-state index in [0.717, 1.165) is 11.8 Å². The predicted molar refractivity (Wildman–Crippen MR) is 92.0 cm³/mol. The lowest BCUT2D eigenvalue weighted by Gasteiger charge is -2.18. The summed E-state index contributed by atoms with van der Waals surface area (Å²) in [5.41, 5.74) is 2.75. The van der Waals surface area contributed by atoms with Gasteiger partial charge in [-0.25, -0.2) is 8.42 Å². The van der Waals surface area contributed by atoms with E-state index < -0.39 is 10.0 Å². The molecular formula is C17H20N2O3S. The van der Waals surface area contributed by atoms with Crippen molar-refractivity contribution in [3.8, 4) is 0 Å². The first-order valence-corrected chi connectivity index (χ1v) is 9.09. The number of amides is 1. The third-order valence-electron chi connectivity index (χ3n) is 3.35. The highest BCUT2D eigenvalue weighted by Crippen LogP contribution is 2.23. The van der Waals surface area contributed by atoms with Crippen LogP contribution in [0.1, 0.15) is 34.5 Å². The summed E-state index contributed by atoms with van der Waals surface area (Å²) in [7, 11) is -3.38. The molecule has 0 radical (unpaired) electrons. The zero-order chi connectivity index (χ0) is 17.0. The summed E-state index contributed by atoms with van der Waals surface area (Å²) < 4.78 is 25.4. The highest BCUT2D eigenvalue weighted by molar-refractivity contribution is 7.92. The molecule has 1 atom stereocenters. The Morgan fingerprint density at radius 2 is 1.78 bits per heavy atom. The van der Waals surface area contributed by atoms with Crippen LogP contribution in [0.4, 0.5) is 5.69 Å². The quantitative estimate of drug-likeness (QED) is 0.884. The molecular weight excluding hydrogens is 312 g/mol. The SMILES string of the molecule is Cc1cccc(C(=O)N[C@@H](C)c2ccccc2NS(C)(=O)=O)c1. The zero-order valence-electron chi connectivity index (χ0n) is 13.3. The molecule has 2 rings (SSSR count). The van der Waals surface area contributed by atoms with Crippen LogP contribution in [-0.4, -0.2) is 20.6 Å². The van der Waals surface area contributed by atoms with E-state index in [1.165, 1.54) is 0 Å². The van der Waals surface area contributed by atoms with Gasteiger partial charge in [0.25, 0.3) is 5.91 Å². The molecule has 0 saturated heterocycles. The maximum atomic E-state index is 12.3. The summed E-state index contributed by atoms with van der Waals surface area (Å²) in [6, 6.07) is 14.0. The van der Waals surface area contributed by atoms with Crippen LogP contribution in [0.25, 0.3) is 0 Å². The van der Waals surface area contributed by atoms with Gasteiger partial charge < -0.3 is 5.32 Å². The van der Waals surface area contributed by atoms with Crippen LogP contribution in [0.3, 0.4) is 0 Å². The van der Waals surface area contributed by atoms with E-state index in [0.29, 0.717) is 16.8 Å². The van der Waals surface area contributed by atoms with Gasteiger partial charge in [-0.15, -0.1) is 0 Å². The van der Waals surface area contributed by atoms with Crippen LogP contribution in [0.15, 0.2) is 48.5 Å². The number of rotatable bonds is 5. The molecule has 5 nitrogen and oxygen atoms in total. The Bertz CT molecular complexity index is 816. The number of hydrogen-bond acceptors (Lipinski definition) is 3. The van der Waals surface area contributed by atoms with Crippen LogP contribution in [0, 0.1) is 6.92 Å². The number of sulfonamides is 1. The number of aryl methyl sites for hydroxylation is 1. The Hall–Kier alpha value is -2.34. The van der Waals surface area contributed by atoms with Crippen molar-refractivity contribution >= 4 is 21.6 Å². The predicted octanol–water partition coefficient (Wildman–Crippen LogP) is 2.86. The molecule has 0 aliphatic heterocycles. The molecule has 2 aromatic carbocycles. The van der Waals surface area contributed by atoms with E-state index in [-0.39, 0.29) is 11.9 Å². The van der Waals surface area contributed by atoms with Crippen LogP contribution in [0.5, 0.6) is 0 Å². The Balaban J connectivity index is 2.21. The summed E-state index contributed by atoms with van der Waals surface area (Å²) in [4.78, 5) is 12.3. The third-order valence-corrected chi connectivity index (χ3v) is 3.94. The molecule has 0 bridgehead atoms.